The first kappa shape index (κ1) is 11.7. The van der Waals surface area contributed by atoms with E-state index in [4.69, 9.17) is 5.73 Å². The number of carbonyl (C=O) groups is 1. The minimum Gasteiger partial charge on any atom is -0.399 e. The summed E-state index contributed by atoms with van der Waals surface area (Å²) in [7, 11) is 1.77. The first-order valence-corrected chi connectivity index (χ1v) is 5.62. The minimum atomic E-state index is -0.331. The third kappa shape index (κ3) is 2.49. The molecular weight excluding hydrogens is 221 g/mol. The normalized spacial score (nSPS) is 17.2. The highest BCUT2D eigenvalue weighted by Crippen LogP contribution is 2.22. The summed E-state index contributed by atoms with van der Waals surface area (Å²) in [6, 6.07) is 4.65. The number of nitrogen functional groups attached to an aromatic ring is 1. The maximum absolute atomic E-state index is 13.7. The zero-order valence-electron chi connectivity index (χ0n) is 9.82. The summed E-state index contributed by atoms with van der Waals surface area (Å²) in [5.41, 5.74) is 6.44. The van der Waals surface area contributed by atoms with Gasteiger partial charge in [0.15, 0.2) is 0 Å². The Morgan fingerprint density at radius 3 is 2.76 bits per heavy atom. The molecule has 17 heavy (non-hydrogen) atoms. The molecule has 0 unspecified atom stereocenters. The van der Waals surface area contributed by atoms with E-state index in [-0.39, 0.29) is 11.7 Å². The number of likely N-dealkylation sites (N-methyl/N-ethyl adjacent to an activating group) is 1. The molecule has 0 aromatic heterocycles. The largest absolute Gasteiger partial charge is 0.399 e. The Kier molecular flexibility index (Phi) is 3.17. The number of carbonyl (C=O) groups excluding carboxylic acids is 1. The monoisotopic (exact) mass is 237 g/mol. The van der Waals surface area contributed by atoms with Gasteiger partial charge in [-0.2, -0.15) is 0 Å². The molecule has 0 bridgehead atoms. The van der Waals surface area contributed by atoms with Gasteiger partial charge in [0.25, 0.3) is 0 Å². The number of anilines is 2. The van der Waals surface area contributed by atoms with Crippen LogP contribution in [-0.4, -0.2) is 37.5 Å². The average Bonchev–Trinajstić information content (AvgIpc) is 2.44. The molecule has 2 rings (SSSR count). The highest BCUT2D eigenvalue weighted by molar-refractivity contribution is 5.77. The van der Waals surface area contributed by atoms with E-state index in [0.717, 1.165) is 0 Å². The number of rotatable bonds is 1. The lowest BCUT2D eigenvalue weighted by atomic mass is 10.2. The van der Waals surface area contributed by atoms with E-state index in [2.05, 4.69) is 0 Å². The van der Waals surface area contributed by atoms with E-state index in [1.165, 1.54) is 6.07 Å². The third-order valence-electron chi connectivity index (χ3n) is 3.04. The van der Waals surface area contributed by atoms with Crippen LogP contribution in [0, 0.1) is 5.82 Å². The molecule has 1 aromatic rings. The Morgan fingerprint density at radius 2 is 2.06 bits per heavy atom. The summed E-state index contributed by atoms with van der Waals surface area (Å²) in [4.78, 5) is 15.1. The first-order chi connectivity index (χ1) is 8.08. The summed E-state index contributed by atoms with van der Waals surface area (Å²) in [6.07, 6.45) is 0.417. The van der Waals surface area contributed by atoms with Gasteiger partial charge < -0.3 is 15.5 Å². The number of nitrogens with zero attached hydrogens (tertiary/aromatic N) is 2. The average molecular weight is 237 g/mol. The molecule has 5 heteroatoms. The van der Waals surface area contributed by atoms with Crippen LogP contribution < -0.4 is 10.6 Å². The van der Waals surface area contributed by atoms with Crippen LogP contribution in [0.25, 0.3) is 0 Å². The van der Waals surface area contributed by atoms with Crippen molar-refractivity contribution in [2.24, 2.45) is 0 Å². The van der Waals surface area contributed by atoms with Gasteiger partial charge in [0, 0.05) is 38.8 Å². The zero-order chi connectivity index (χ0) is 12.4. The van der Waals surface area contributed by atoms with Crippen LogP contribution in [0.3, 0.4) is 0 Å². The van der Waals surface area contributed by atoms with Crippen molar-refractivity contribution in [1.82, 2.24) is 4.90 Å². The maximum Gasteiger partial charge on any atom is 0.224 e. The van der Waals surface area contributed by atoms with Gasteiger partial charge in [-0.15, -0.1) is 0 Å². The number of benzene rings is 1. The van der Waals surface area contributed by atoms with E-state index in [0.29, 0.717) is 37.4 Å². The first-order valence-electron chi connectivity index (χ1n) is 5.62. The Hall–Kier alpha value is -1.78. The molecule has 2 N–H and O–H groups in total. The summed E-state index contributed by atoms with van der Waals surface area (Å²) >= 11 is 0. The van der Waals surface area contributed by atoms with Crippen LogP contribution in [0.4, 0.5) is 15.8 Å². The minimum absolute atomic E-state index is 0.100. The molecule has 1 saturated heterocycles. The van der Waals surface area contributed by atoms with Gasteiger partial charge in [0.1, 0.15) is 5.82 Å². The molecular formula is C12H16FN3O. The second kappa shape index (κ2) is 4.61. The molecule has 0 spiro atoms. The van der Waals surface area contributed by atoms with Crippen molar-refractivity contribution in [3.63, 3.8) is 0 Å². The highest BCUT2D eigenvalue weighted by Gasteiger charge is 2.19. The Labute approximate surface area is 99.8 Å². The zero-order valence-corrected chi connectivity index (χ0v) is 9.82. The predicted octanol–water partition coefficient (Wildman–Crippen LogP) is 1.08. The maximum atomic E-state index is 13.7. The SMILES string of the molecule is CN1CCN(c2ccc(N)cc2F)CCC1=O. The number of nitrogens with two attached hydrogens (primary N) is 1. The molecule has 92 valence electrons. The summed E-state index contributed by atoms with van der Waals surface area (Å²) in [5.74, 6) is -0.231. The molecule has 0 atom stereocenters. The standard InChI is InChI=1S/C12H16FN3O/c1-15-6-7-16(5-4-12(15)17)11-3-2-9(14)8-10(11)13/h2-3,8H,4-7,14H2,1H3. The Balaban J connectivity index is 2.19. The number of amides is 1. The van der Waals surface area contributed by atoms with Crippen molar-refractivity contribution in [2.75, 3.05) is 37.3 Å². The van der Waals surface area contributed by atoms with Crippen molar-refractivity contribution < 1.29 is 9.18 Å². The van der Waals surface area contributed by atoms with E-state index >= 15 is 0 Å². The van der Waals surface area contributed by atoms with Crippen molar-refractivity contribution >= 4 is 17.3 Å². The molecule has 1 aliphatic rings. The van der Waals surface area contributed by atoms with Crippen LogP contribution in [-0.2, 0) is 4.79 Å². The fraction of sp³-hybridized carbons (Fsp3) is 0.417. The summed E-state index contributed by atoms with van der Waals surface area (Å²) in [6.45, 7) is 1.80. The molecule has 0 aliphatic carbocycles. The fourth-order valence-corrected chi connectivity index (χ4v) is 1.95. The van der Waals surface area contributed by atoms with Crippen molar-refractivity contribution in [1.29, 1.82) is 0 Å². The lowest BCUT2D eigenvalue weighted by Gasteiger charge is -2.23. The van der Waals surface area contributed by atoms with Crippen molar-refractivity contribution in [2.45, 2.75) is 6.42 Å². The molecule has 1 aliphatic heterocycles. The van der Waals surface area contributed by atoms with Crippen LogP contribution >= 0.6 is 0 Å². The Morgan fingerprint density at radius 1 is 1.29 bits per heavy atom. The van der Waals surface area contributed by atoms with Gasteiger partial charge >= 0.3 is 0 Å². The second-order valence-electron chi connectivity index (χ2n) is 4.26. The van der Waals surface area contributed by atoms with Gasteiger partial charge in [-0.3, -0.25) is 4.79 Å². The van der Waals surface area contributed by atoms with E-state index in [1.54, 1.807) is 24.1 Å². The van der Waals surface area contributed by atoms with Gasteiger partial charge in [-0.05, 0) is 18.2 Å². The molecule has 1 fully saturated rings. The molecule has 4 nitrogen and oxygen atoms in total. The van der Waals surface area contributed by atoms with Crippen molar-refractivity contribution in [3.8, 4) is 0 Å². The third-order valence-corrected chi connectivity index (χ3v) is 3.04. The molecule has 1 heterocycles. The predicted molar refractivity (Wildman–Crippen MR) is 65.3 cm³/mol. The molecule has 0 saturated carbocycles. The van der Waals surface area contributed by atoms with Crippen LogP contribution in [0.5, 0.6) is 0 Å². The smallest absolute Gasteiger partial charge is 0.224 e. The summed E-state index contributed by atoms with van der Waals surface area (Å²) < 4.78 is 13.7. The molecule has 1 amide bonds. The highest BCUT2D eigenvalue weighted by atomic mass is 19.1. The van der Waals surface area contributed by atoms with Crippen LogP contribution in [0.2, 0.25) is 0 Å². The lowest BCUT2D eigenvalue weighted by Crippen LogP contribution is -2.30. The van der Waals surface area contributed by atoms with Gasteiger partial charge in [0.2, 0.25) is 5.91 Å². The molecule has 1 aromatic carbocycles. The molecule has 0 radical (unpaired) electrons. The van der Waals surface area contributed by atoms with E-state index in [9.17, 15) is 9.18 Å². The number of hydrogen-bond acceptors (Lipinski definition) is 3. The van der Waals surface area contributed by atoms with Gasteiger partial charge in [-0.1, -0.05) is 0 Å². The second-order valence-corrected chi connectivity index (χ2v) is 4.26. The quantitative estimate of drug-likeness (QED) is 0.743. The van der Waals surface area contributed by atoms with Gasteiger partial charge in [0.05, 0.1) is 5.69 Å². The van der Waals surface area contributed by atoms with E-state index in [1.807, 2.05) is 4.90 Å². The van der Waals surface area contributed by atoms with E-state index < -0.39 is 0 Å². The van der Waals surface area contributed by atoms with Crippen molar-refractivity contribution in [3.05, 3.63) is 24.0 Å². The lowest BCUT2D eigenvalue weighted by molar-refractivity contribution is -0.129. The number of halogens is 1. The fourth-order valence-electron chi connectivity index (χ4n) is 1.95. The Bertz CT molecular complexity index is 436. The van der Waals surface area contributed by atoms with Crippen LogP contribution in [0.1, 0.15) is 6.42 Å². The van der Waals surface area contributed by atoms with Gasteiger partial charge in [-0.25, -0.2) is 4.39 Å². The van der Waals surface area contributed by atoms with Crippen LogP contribution in [0.15, 0.2) is 18.2 Å². The summed E-state index contributed by atoms with van der Waals surface area (Å²) in [5, 5.41) is 0. The number of hydrogen-bond donors (Lipinski definition) is 1. The topological polar surface area (TPSA) is 49.6 Å².